The maximum atomic E-state index is 4.21. The summed E-state index contributed by atoms with van der Waals surface area (Å²) in [5, 5.41) is 2.99. The van der Waals surface area contributed by atoms with Gasteiger partial charge in [-0.25, -0.2) is 4.98 Å². The molecule has 0 aliphatic heterocycles. The van der Waals surface area contributed by atoms with Gasteiger partial charge in [0, 0.05) is 10.7 Å². The molecule has 66 valence electrons. The van der Waals surface area contributed by atoms with Crippen molar-refractivity contribution >= 4 is 33.3 Å². The van der Waals surface area contributed by atoms with Crippen LogP contribution in [0.1, 0.15) is 19.5 Å². The minimum Gasteiger partial charge on any atom is -0.245 e. The Kier molecular flexibility index (Phi) is 3.95. The third kappa shape index (κ3) is 2.72. The first-order valence-electron chi connectivity index (χ1n) is 3.88. The van der Waals surface area contributed by atoms with E-state index in [-0.39, 0.29) is 0 Å². The van der Waals surface area contributed by atoms with Crippen LogP contribution in [0.15, 0.2) is 16.5 Å². The van der Waals surface area contributed by atoms with Crippen molar-refractivity contribution in [3.63, 3.8) is 0 Å². The average Bonchev–Trinajstić information content (AvgIpc) is 2.51. The van der Waals surface area contributed by atoms with E-state index < -0.39 is 0 Å². The molecule has 0 aliphatic carbocycles. The summed E-state index contributed by atoms with van der Waals surface area (Å²) in [6, 6.07) is 0. The number of hydrogen-bond acceptors (Lipinski definition) is 2. The number of allylic oxidation sites excluding steroid dienone is 1. The molecule has 12 heavy (non-hydrogen) atoms. The second-order valence-electron chi connectivity index (χ2n) is 2.92. The van der Waals surface area contributed by atoms with Crippen LogP contribution in [-0.2, 0) is 0 Å². The van der Waals surface area contributed by atoms with Gasteiger partial charge in [-0.3, -0.25) is 0 Å². The zero-order chi connectivity index (χ0) is 8.97. The first-order valence-corrected chi connectivity index (χ1v) is 5.95. The predicted molar refractivity (Wildman–Crippen MR) is 58.7 cm³/mol. The summed E-state index contributed by atoms with van der Waals surface area (Å²) >= 11 is 5.10. The molecular weight excluding hydrogens is 234 g/mol. The maximum Gasteiger partial charge on any atom is 0.0798 e. The topological polar surface area (TPSA) is 12.9 Å². The molecule has 0 aromatic carbocycles. The molecule has 0 amide bonds. The van der Waals surface area contributed by atoms with Crippen LogP contribution in [0.2, 0.25) is 0 Å². The van der Waals surface area contributed by atoms with E-state index in [1.54, 1.807) is 11.3 Å². The lowest BCUT2D eigenvalue weighted by molar-refractivity contribution is 0.780. The zero-order valence-electron chi connectivity index (χ0n) is 7.25. The molecule has 0 fully saturated rings. The van der Waals surface area contributed by atoms with Crippen LogP contribution in [0.4, 0.5) is 0 Å². The molecule has 0 spiro atoms. The fourth-order valence-corrected chi connectivity index (χ4v) is 2.16. The first-order chi connectivity index (χ1) is 5.74. The summed E-state index contributed by atoms with van der Waals surface area (Å²) in [6.07, 6.45) is 2.15. The summed E-state index contributed by atoms with van der Waals surface area (Å²) in [5.41, 5.74) is 4.32. The smallest absolute Gasteiger partial charge is 0.0798 e. The molecule has 1 rings (SSSR count). The monoisotopic (exact) mass is 245 g/mol. The Bertz CT molecular complexity index is 252. The lowest BCUT2D eigenvalue weighted by Gasteiger charge is -2.05. The maximum absolute atomic E-state index is 4.21. The quantitative estimate of drug-likeness (QED) is 0.743. The summed E-state index contributed by atoms with van der Waals surface area (Å²) in [5.74, 6) is 0.589. The van der Waals surface area contributed by atoms with Gasteiger partial charge in [-0.15, -0.1) is 11.3 Å². The van der Waals surface area contributed by atoms with Crippen molar-refractivity contribution in [3.05, 3.63) is 22.2 Å². The molecule has 1 aromatic rings. The molecule has 0 aliphatic rings. The van der Waals surface area contributed by atoms with Gasteiger partial charge in [-0.05, 0) is 12.0 Å². The number of rotatable bonds is 3. The van der Waals surface area contributed by atoms with Crippen LogP contribution in [-0.4, -0.2) is 10.3 Å². The Hall–Kier alpha value is -0.150. The Labute approximate surface area is 85.7 Å². The Morgan fingerprint density at radius 1 is 1.75 bits per heavy atom. The molecule has 1 heterocycles. The van der Waals surface area contributed by atoms with Crippen LogP contribution in [0, 0.1) is 5.92 Å². The predicted octanol–water partition coefficient (Wildman–Crippen LogP) is 3.58. The molecule has 1 nitrogen and oxygen atoms in total. The number of alkyl halides is 1. The summed E-state index contributed by atoms with van der Waals surface area (Å²) < 4.78 is 0. The van der Waals surface area contributed by atoms with Crippen LogP contribution in [0.25, 0.3) is 6.08 Å². The van der Waals surface area contributed by atoms with Gasteiger partial charge >= 0.3 is 0 Å². The van der Waals surface area contributed by atoms with Gasteiger partial charge in [0.2, 0.25) is 0 Å². The van der Waals surface area contributed by atoms with E-state index in [2.05, 4.69) is 46.2 Å². The van der Waals surface area contributed by atoms with Crippen molar-refractivity contribution in [1.29, 1.82) is 0 Å². The van der Waals surface area contributed by atoms with E-state index >= 15 is 0 Å². The van der Waals surface area contributed by atoms with Crippen LogP contribution in [0.5, 0.6) is 0 Å². The third-order valence-electron chi connectivity index (χ3n) is 1.68. The van der Waals surface area contributed by atoms with Gasteiger partial charge in [0.05, 0.1) is 11.2 Å². The van der Waals surface area contributed by atoms with Crippen molar-refractivity contribution in [3.8, 4) is 0 Å². The van der Waals surface area contributed by atoms with Gasteiger partial charge in [-0.2, -0.15) is 0 Å². The minimum absolute atomic E-state index is 0.589. The normalized spacial score (nSPS) is 12.5. The van der Waals surface area contributed by atoms with Crippen molar-refractivity contribution < 1.29 is 0 Å². The number of halogens is 1. The second kappa shape index (κ2) is 4.77. The standard InChI is InChI=1S/C9H12BrNS/c1-7(2)8(4-10)3-9-5-12-6-11-9/h3,5-7H,4H2,1-2H3. The number of aromatic nitrogens is 1. The van der Waals surface area contributed by atoms with Crippen molar-refractivity contribution in [1.82, 2.24) is 4.98 Å². The van der Waals surface area contributed by atoms with Gasteiger partial charge in [0.1, 0.15) is 0 Å². The first kappa shape index (κ1) is 9.93. The SMILES string of the molecule is CC(C)C(=Cc1cscn1)CBr. The minimum atomic E-state index is 0.589. The molecule has 3 heteroatoms. The van der Waals surface area contributed by atoms with E-state index in [9.17, 15) is 0 Å². The molecule has 0 N–H and O–H groups in total. The fourth-order valence-electron chi connectivity index (χ4n) is 0.843. The molecular formula is C9H12BrNS. The van der Waals surface area contributed by atoms with Crippen LogP contribution in [0.3, 0.4) is 0 Å². The van der Waals surface area contributed by atoms with Crippen molar-refractivity contribution in [2.45, 2.75) is 13.8 Å². The molecule has 0 unspecified atom stereocenters. The molecule has 0 bridgehead atoms. The van der Waals surface area contributed by atoms with E-state index in [1.165, 1.54) is 5.57 Å². The Morgan fingerprint density at radius 3 is 2.92 bits per heavy atom. The van der Waals surface area contributed by atoms with Gasteiger partial charge in [0.15, 0.2) is 0 Å². The van der Waals surface area contributed by atoms with Crippen molar-refractivity contribution in [2.75, 3.05) is 5.33 Å². The Morgan fingerprint density at radius 2 is 2.50 bits per heavy atom. The number of nitrogens with zero attached hydrogens (tertiary/aromatic N) is 1. The highest BCUT2D eigenvalue weighted by molar-refractivity contribution is 9.09. The van der Waals surface area contributed by atoms with E-state index in [0.29, 0.717) is 5.92 Å². The summed E-state index contributed by atoms with van der Waals surface area (Å²) in [4.78, 5) is 4.21. The second-order valence-corrected chi connectivity index (χ2v) is 4.20. The summed E-state index contributed by atoms with van der Waals surface area (Å²) in [6.45, 7) is 4.39. The Balaban J connectivity index is 2.78. The fraction of sp³-hybridized carbons (Fsp3) is 0.444. The van der Waals surface area contributed by atoms with Crippen LogP contribution >= 0.6 is 27.3 Å². The number of thiazole rings is 1. The molecule has 0 atom stereocenters. The number of hydrogen-bond donors (Lipinski definition) is 0. The highest BCUT2D eigenvalue weighted by Crippen LogP contribution is 2.16. The lowest BCUT2D eigenvalue weighted by Crippen LogP contribution is -1.94. The molecule has 0 radical (unpaired) electrons. The highest BCUT2D eigenvalue weighted by atomic mass is 79.9. The highest BCUT2D eigenvalue weighted by Gasteiger charge is 2.01. The largest absolute Gasteiger partial charge is 0.245 e. The average molecular weight is 246 g/mol. The van der Waals surface area contributed by atoms with Crippen LogP contribution < -0.4 is 0 Å². The van der Waals surface area contributed by atoms with Crippen molar-refractivity contribution in [2.24, 2.45) is 5.92 Å². The van der Waals surface area contributed by atoms with Gasteiger partial charge in [0.25, 0.3) is 0 Å². The molecule has 1 aromatic heterocycles. The van der Waals surface area contributed by atoms with E-state index in [4.69, 9.17) is 0 Å². The lowest BCUT2D eigenvalue weighted by atomic mass is 10.0. The molecule has 0 saturated heterocycles. The van der Waals surface area contributed by atoms with E-state index in [1.807, 2.05) is 5.51 Å². The van der Waals surface area contributed by atoms with E-state index in [0.717, 1.165) is 11.0 Å². The molecule has 0 saturated carbocycles. The summed E-state index contributed by atoms with van der Waals surface area (Å²) in [7, 11) is 0. The van der Waals surface area contributed by atoms with Gasteiger partial charge in [-0.1, -0.05) is 35.4 Å². The third-order valence-corrected chi connectivity index (χ3v) is 2.93. The zero-order valence-corrected chi connectivity index (χ0v) is 9.65. The van der Waals surface area contributed by atoms with Gasteiger partial charge < -0.3 is 0 Å².